The number of carbonyl (C=O) groups is 1. The number of hydrogen-bond donors (Lipinski definition) is 1. The van der Waals surface area contributed by atoms with Gasteiger partial charge < -0.3 is 5.11 Å². The summed E-state index contributed by atoms with van der Waals surface area (Å²) in [6, 6.07) is 2.45. The summed E-state index contributed by atoms with van der Waals surface area (Å²) in [6.45, 7) is 4.87. The van der Waals surface area contributed by atoms with Crippen LogP contribution in [0.1, 0.15) is 24.2 Å². The van der Waals surface area contributed by atoms with Crippen LogP contribution in [0.4, 0.5) is 0 Å². The second-order valence-electron chi connectivity index (χ2n) is 5.35. The lowest BCUT2D eigenvalue weighted by Crippen LogP contribution is -2.29. The van der Waals surface area contributed by atoms with Crippen LogP contribution in [-0.4, -0.2) is 36.9 Å². The van der Waals surface area contributed by atoms with Gasteiger partial charge in [0.05, 0.1) is 15.5 Å². The van der Waals surface area contributed by atoms with Crippen molar-refractivity contribution >= 4 is 43.5 Å². The first-order chi connectivity index (χ1) is 9.64. The largest absolute Gasteiger partial charge is 0.478 e. The lowest BCUT2D eigenvalue weighted by Gasteiger charge is -2.17. The topological polar surface area (TPSA) is 74.7 Å². The van der Waals surface area contributed by atoms with E-state index in [0.29, 0.717) is 13.1 Å². The molecule has 1 aromatic rings. The molecule has 2 atom stereocenters. The van der Waals surface area contributed by atoms with Gasteiger partial charge in [0.1, 0.15) is 0 Å². The van der Waals surface area contributed by atoms with Crippen molar-refractivity contribution in [2.75, 3.05) is 13.1 Å². The number of rotatable bonds is 3. The summed E-state index contributed by atoms with van der Waals surface area (Å²) in [5.74, 6) is -0.718. The van der Waals surface area contributed by atoms with E-state index in [4.69, 9.17) is 16.7 Å². The minimum absolute atomic E-state index is 0.00962. The Balaban J connectivity index is 2.49. The molecule has 0 aliphatic carbocycles. The van der Waals surface area contributed by atoms with Gasteiger partial charge in [-0.2, -0.15) is 4.31 Å². The van der Waals surface area contributed by atoms with Crippen molar-refractivity contribution in [1.29, 1.82) is 0 Å². The molecule has 0 saturated carbocycles. The van der Waals surface area contributed by atoms with Crippen LogP contribution < -0.4 is 0 Å². The van der Waals surface area contributed by atoms with E-state index in [2.05, 4.69) is 15.9 Å². The molecule has 8 heteroatoms. The molecule has 1 heterocycles. The Bertz CT molecular complexity index is 682. The van der Waals surface area contributed by atoms with E-state index in [1.54, 1.807) is 0 Å². The maximum Gasteiger partial charge on any atom is 0.337 e. The number of hydrogen-bond acceptors (Lipinski definition) is 3. The molecule has 1 saturated heterocycles. The van der Waals surface area contributed by atoms with Gasteiger partial charge in [0, 0.05) is 17.6 Å². The molecular formula is C13H15BrClNO4S. The number of carboxylic acid groups (broad SMARTS) is 1. The fourth-order valence-corrected chi connectivity index (χ4v) is 4.79. The Morgan fingerprint density at radius 2 is 1.86 bits per heavy atom. The monoisotopic (exact) mass is 395 g/mol. The van der Waals surface area contributed by atoms with E-state index in [-0.39, 0.29) is 31.8 Å². The van der Waals surface area contributed by atoms with Crippen LogP contribution in [0.5, 0.6) is 0 Å². The summed E-state index contributed by atoms with van der Waals surface area (Å²) in [5.41, 5.74) is -0.232. The van der Waals surface area contributed by atoms with Crippen LogP contribution in [0.15, 0.2) is 21.5 Å². The van der Waals surface area contributed by atoms with Crippen LogP contribution in [0.25, 0.3) is 0 Å². The average molecular weight is 397 g/mol. The molecule has 116 valence electrons. The normalized spacial score (nSPS) is 23.4. The lowest BCUT2D eigenvalue weighted by atomic mass is 10.0. The molecule has 0 spiro atoms. The molecular weight excluding hydrogens is 382 g/mol. The quantitative estimate of drug-likeness (QED) is 0.852. The third-order valence-corrected chi connectivity index (χ3v) is 6.89. The number of benzene rings is 1. The van der Waals surface area contributed by atoms with Crippen LogP contribution in [0, 0.1) is 11.8 Å². The first-order valence-corrected chi connectivity index (χ1v) is 8.98. The van der Waals surface area contributed by atoms with Gasteiger partial charge in [-0.3, -0.25) is 0 Å². The molecule has 0 radical (unpaired) electrons. The molecule has 1 aliphatic heterocycles. The predicted octanol–water partition coefficient (Wildman–Crippen LogP) is 3.08. The zero-order chi connectivity index (χ0) is 15.9. The summed E-state index contributed by atoms with van der Waals surface area (Å²) >= 11 is 8.99. The summed E-state index contributed by atoms with van der Waals surface area (Å²) in [4.78, 5) is 11.1. The molecule has 0 amide bonds. The third kappa shape index (κ3) is 3.11. The number of halogens is 2. The Labute approximate surface area is 137 Å². The van der Waals surface area contributed by atoms with Gasteiger partial charge in [0.15, 0.2) is 0 Å². The number of sulfonamides is 1. The molecule has 21 heavy (non-hydrogen) atoms. The highest BCUT2D eigenvalue weighted by atomic mass is 79.9. The third-order valence-electron chi connectivity index (χ3n) is 3.82. The van der Waals surface area contributed by atoms with Gasteiger partial charge >= 0.3 is 5.97 Å². The maximum absolute atomic E-state index is 12.6. The van der Waals surface area contributed by atoms with Gasteiger partial charge in [-0.1, -0.05) is 25.4 Å². The zero-order valence-corrected chi connectivity index (χ0v) is 14.7. The van der Waals surface area contributed by atoms with Gasteiger partial charge in [-0.25, -0.2) is 13.2 Å². The average Bonchev–Trinajstić information content (AvgIpc) is 2.73. The molecule has 0 aromatic heterocycles. The van der Waals surface area contributed by atoms with E-state index in [1.165, 1.54) is 10.4 Å². The molecule has 2 unspecified atom stereocenters. The molecule has 1 fully saturated rings. The van der Waals surface area contributed by atoms with E-state index < -0.39 is 16.0 Å². The van der Waals surface area contributed by atoms with Crippen molar-refractivity contribution in [3.63, 3.8) is 0 Å². The second-order valence-corrected chi connectivity index (χ2v) is 8.52. The van der Waals surface area contributed by atoms with Crippen molar-refractivity contribution < 1.29 is 18.3 Å². The van der Waals surface area contributed by atoms with E-state index in [9.17, 15) is 13.2 Å². The van der Waals surface area contributed by atoms with Crippen molar-refractivity contribution in [2.24, 2.45) is 11.8 Å². The van der Waals surface area contributed by atoms with E-state index in [0.717, 1.165) is 6.07 Å². The zero-order valence-electron chi connectivity index (χ0n) is 11.5. The summed E-state index contributed by atoms with van der Waals surface area (Å²) < 4.78 is 26.9. The number of carboxylic acids is 1. The second kappa shape index (κ2) is 5.87. The molecule has 1 N–H and O–H groups in total. The van der Waals surface area contributed by atoms with Crippen LogP contribution in [-0.2, 0) is 10.0 Å². The van der Waals surface area contributed by atoms with Crippen molar-refractivity contribution in [1.82, 2.24) is 4.31 Å². The molecule has 0 bridgehead atoms. The Morgan fingerprint density at radius 3 is 2.33 bits per heavy atom. The van der Waals surface area contributed by atoms with Gasteiger partial charge in [-0.15, -0.1) is 0 Å². The van der Waals surface area contributed by atoms with Crippen LogP contribution in [0.2, 0.25) is 5.02 Å². The highest BCUT2D eigenvalue weighted by Crippen LogP contribution is 2.33. The number of nitrogens with zero attached hydrogens (tertiary/aromatic N) is 1. The smallest absolute Gasteiger partial charge is 0.337 e. The number of aromatic carboxylic acids is 1. The Hall–Kier alpha value is -0.630. The molecule has 1 aromatic carbocycles. The SMILES string of the molecule is CC1CN(S(=O)(=O)c2cc(Br)c(Cl)c(C(=O)O)c2)CC1C. The van der Waals surface area contributed by atoms with Gasteiger partial charge in [0.25, 0.3) is 0 Å². The highest BCUT2D eigenvalue weighted by Gasteiger charge is 2.35. The van der Waals surface area contributed by atoms with Crippen molar-refractivity contribution in [3.8, 4) is 0 Å². The van der Waals surface area contributed by atoms with Crippen molar-refractivity contribution in [2.45, 2.75) is 18.7 Å². The standard InChI is InChI=1S/C13H15BrClNO4S/c1-7-5-16(6-8(7)2)21(19,20)9-3-10(13(17)18)12(15)11(14)4-9/h3-4,7-8H,5-6H2,1-2H3,(H,17,18). The lowest BCUT2D eigenvalue weighted by molar-refractivity contribution is 0.0696. The first-order valence-electron chi connectivity index (χ1n) is 6.37. The summed E-state index contributed by atoms with van der Waals surface area (Å²) in [5, 5.41) is 9.11. The summed E-state index contributed by atoms with van der Waals surface area (Å²) in [6.07, 6.45) is 0. The van der Waals surface area contributed by atoms with Gasteiger partial charge in [0.2, 0.25) is 10.0 Å². The Kier molecular flexibility index (Phi) is 4.68. The first kappa shape index (κ1) is 16.7. The molecule has 2 rings (SSSR count). The van der Waals surface area contributed by atoms with Crippen LogP contribution in [0.3, 0.4) is 0 Å². The minimum atomic E-state index is -3.72. The van der Waals surface area contributed by atoms with Gasteiger partial charge in [-0.05, 0) is 39.9 Å². The minimum Gasteiger partial charge on any atom is -0.478 e. The summed E-state index contributed by atoms with van der Waals surface area (Å²) in [7, 11) is -3.72. The molecule has 1 aliphatic rings. The highest BCUT2D eigenvalue weighted by molar-refractivity contribution is 9.10. The molecule has 5 nitrogen and oxygen atoms in total. The fraction of sp³-hybridized carbons (Fsp3) is 0.462. The van der Waals surface area contributed by atoms with E-state index >= 15 is 0 Å². The predicted molar refractivity (Wildman–Crippen MR) is 83.2 cm³/mol. The van der Waals surface area contributed by atoms with Crippen molar-refractivity contribution in [3.05, 3.63) is 27.2 Å². The van der Waals surface area contributed by atoms with Crippen LogP contribution >= 0.6 is 27.5 Å². The Morgan fingerprint density at radius 1 is 1.33 bits per heavy atom. The van der Waals surface area contributed by atoms with E-state index in [1.807, 2.05) is 13.8 Å². The fourth-order valence-electron chi connectivity index (χ4n) is 2.29. The maximum atomic E-state index is 12.6.